The number of nitrogens with one attached hydrogen (secondary N) is 1. The highest BCUT2D eigenvalue weighted by Crippen LogP contribution is 2.24. The third kappa shape index (κ3) is 4.07. The van der Waals surface area contributed by atoms with Crippen molar-refractivity contribution in [3.63, 3.8) is 0 Å². The summed E-state index contributed by atoms with van der Waals surface area (Å²) >= 11 is 0. The number of benzene rings is 2. The van der Waals surface area contributed by atoms with Gasteiger partial charge in [-0.15, -0.1) is 0 Å². The highest BCUT2D eigenvalue weighted by atomic mass is 16.6. The zero-order chi connectivity index (χ0) is 17.7. The fraction of sp³-hybridized carbons (Fsp3) is 0.125. The maximum atomic E-state index is 11.9. The Labute approximate surface area is 136 Å². The Morgan fingerprint density at radius 2 is 1.96 bits per heavy atom. The minimum atomic E-state index is -1.17. The maximum Gasteiger partial charge on any atom is 0.337 e. The Morgan fingerprint density at radius 1 is 1.25 bits per heavy atom. The van der Waals surface area contributed by atoms with E-state index in [1.165, 1.54) is 30.3 Å². The van der Waals surface area contributed by atoms with Crippen LogP contribution in [0.4, 0.5) is 11.4 Å². The van der Waals surface area contributed by atoms with Crippen molar-refractivity contribution in [2.24, 2.45) is 0 Å². The summed E-state index contributed by atoms with van der Waals surface area (Å²) in [4.78, 5) is 33.2. The SMILES string of the molecule is Cc1ccc([N+](=O)[O-])cc1OCC(=O)Nc1ccccc1C(=O)O. The predicted octanol–water partition coefficient (Wildman–Crippen LogP) is 2.62. The van der Waals surface area contributed by atoms with E-state index in [2.05, 4.69) is 5.32 Å². The number of hydrogen-bond acceptors (Lipinski definition) is 5. The topological polar surface area (TPSA) is 119 Å². The van der Waals surface area contributed by atoms with Crippen molar-refractivity contribution in [1.29, 1.82) is 0 Å². The third-order valence-electron chi connectivity index (χ3n) is 3.17. The number of carbonyl (C=O) groups excluding carboxylic acids is 1. The van der Waals surface area contributed by atoms with Crippen LogP contribution >= 0.6 is 0 Å². The van der Waals surface area contributed by atoms with E-state index < -0.39 is 23.4 Å². The molecule has 0 fully saturated rings. The lowest BCUT2D eigenvalue weighted by Crippen LogP contribution is -2.21. The maximum absolute atomic E-state index is 11.9. The van der Waals surface area contributed by atoms with Gasteiger partial charge in [0.1, 0.15) is 5.75 Å². The molecule has 0 heterocycles. The van der Waals surface area contributed by atoms with Gasteiger partial charge in [0.25, 0.3) is 11.6 Å². The van der Waals surface area contributed by atoms with Gasteiger partial charge in [-0.1, -0.05) is 12.1 Å². The van der Waals surface area contributed by atoms with Gasteiger partial charge in [0.2, 0.25) is 0 Å². The number of para-hydroxylation sites is 1. The average Bonchev–Trinajstić information content (AvgIpc) is 2.54. The van der Waals surface area contributed by atoms with Crippen LogP contribution in [0.25, 0.3) is 0 Å². The number of carboxylic acid groups (broad SMARTS) is 1. The Morgan fingerprint density at radius 3 is 2.62 bits per heavy atom. The number of carbonyl (C=O) groups is 2. The van der Waals surface area contributed by atoms with E-state index in [1.54, 1.807) is 19.1 Å². The van der Waals surface area contributed by atoms with E-state index in [-0.39, 0.29) is 22.7 Å². The molecule has 124 valence electrons. The molecule has 0 saturated heterocycles. The average molecular weight is 330 g/mol. The summed E-state index contributed by atoms with van der Waals surface area (Å²) in [6.45, 7) is 1.28. The minimum Gasteiger partial charge on any atom is -0.483 e. The standard InChI is InChI=1S/C16H14N2O6/c1-10-6-7-11(18(22)23)8-14(10)24-9-15(19)17-13-5-3-2-4-12(13)16(20)21/h2-8H,9H2,1H3,(H,17,19)(H,20,21). The van der Waals surface area contributed by atoms with Crippen LogP contribution < -0.4 is 10.1 Å². The molecule has 2 N–H and O–H groups in total. The number of ether oxygens (including phenoxy) is 1. The number of aryl methyl sites for hydroxylation is 1. The summed E-state index contributed by atoms with van der Waals surface area (Å²) in [7, 11) is 0. The molecule has 2 aromatic carbocycles. The normalized spacial score (nSPS) is 10.0. The number of carboxylic acids is 1. The molecule has 2 rings (SSSR count). The first-order chi connectivity index (χ1) is 11.4. The minimum absolute atomic E-state index is 0.0441. The number of aromatic carboxylic acids is 1. The van der Waals surface area contributed by atoms with Crippen molar-refractivity contribution in [2.75, 3.05) is 11.9 Å². The molecule has 0 aliphatic carbocycles. The highest BCUT2D eigenvalue weighted by Gasteiger charge is 2.14. The zero-order valence-corrected chi connectivity index (χ0v) is 12.7. The van der Waals surface area contributed by atoms with Crippen LogP contribution in [-0.2, 0) is 4.79 Å². The largest absolute Gasteiger partial charge is 0.483 e. The molecule has 0 bridgehead atoms. The molecule has 0 aliphatic heterocycles. The fourth-order valence-corrected chi connectivity index (χ4v) is 1.97. The van der Waals surface area contributed by atoms with Gasteiger partial charge in [-0.05, 0) is 30.7 Å². The first-order valence-electron chi connectivity index (χ1n) is 6.88. The van der Waals surface area contributed by atoms with E-state index in [1.807, 2.05) is 0 Å². The molecule has 24 heavy (non-hydrogen) atoms. The fourth-order valence-electron chi connectivity index (χ4n) is 1.97. The Kier molecular flexibility index (Phi) is 5.10. The molecular weight excluding hydrogens is 316 g/mol. The van der Waals surface area contributed by atoms with Crippen LogP contribution in [-0.4, -0.2) is 28.5 Å². The van der Waals surface area contributed by atoms with E-state index >= 15 is 0 Å². The number of amides is 1. The van der Waals surface area contributed by atoms with Crippen molar-refractivity contribution in [3.05, 3.63) is 63.7 Å². The number of nitro benzene ring substituents is 1. The van der Waals surface area contributed by atoms with Gasteiger partial charge in [-0.2, -0.15) is 0 Å². The van der Waals surface area contributed by atoms with Crippen LogP contribution in [0.5, 0.6) is 5.75 Å². The third-order valence-corrected chi connectivity index (χ3v) is 3.17. The van der Waals surface area contributed by atoms with Crippen LogP contribution in [0, 0.1) is 17.0 Å². The molecule has 8 nitrogen and oxygen atoms in total. The lowest BCUT2D eigenvalue weighted by Gasteiger charge is -2.10. The number of nitro groups is 1. The van der Waals surface area contributed by atoms with Crippen molar-refractivity contribution >= 4 is 23.3 Å². The highest BCUT2D eigenvalue weighted by molar-refractivity contribution is 6.00. The Bertz CT molecular complexity index is 803. The van der Waals surface area contributed by atoms with Crippen molar-refractivity contribution in [1.82, 2.24) is 0 Å². The first-order valence-corrected chi connectivity index (χ1v) is 6.88. The number of anilines is 1. The van der Waals surface area contributed by atoms with Crippen LogP contribution in [0.2, 0.25) is 0 Å². The van der Waals surface area contributed by atoms with Crippen molar-refractivity contribution in [3.8, 4) is 5.75 Å². The van der Waals surface area contributed by atoms with Gasteiger partial charge in [0.15, 0.2) is 6.61 Å². The molecule has 2 aromatic rings. The second kappa shape index (κ2) is 7.23. The molecule has 0 saturated carbocycles. The van der Waals surface area contributed by atoms with E-state index in [0.29, 0.717) is 5.56 Å². The Balaban J connectivity index is 2.06. The van der Waals surface area contributed by atoms with Gasteiger partial charge in [-0.3, -0.25) is 14.9 Å². The summed E-state index contributed by atoms with van der Waals surface area (Å²) < 4.78 is 5.30. The lowest BCUT2D eigenvalue weighted by atomic mass is 10.2. The van der Waals surface area contributed by atoms with Crippen LogP contribution in [0.15, 0.2) is 42.5 Å². The van der Waals surface area contributed by atoms with Gasteiger partial charge < -0.3 is 15.2 Å². The molecule has 0 aliphatic rings. The number of non-ortho nitro benzene ring substituents is 1. The molecule has 0 radical (unpaired) electrons. The second-order valence-electron chi connectivity index (χ2n) is 4.89. The van der Waals surface area contributed by atoms with Crippen molar-refractivity contribution in [2.45, 2.75) is 6.92 Å². The smallest absolute Gasteiger partial charge is 0.337 e. The summed E-state index contributed by atoms with van der Waals surface area (Å²) in [5.41, 5.74) is 0.596. The summed E-state index contributed by atoms with van der Waals surface area (Å²) in [5.74, 6) is -1.53. The number of rotatable bonds is 6. The van der Waals surface area contributed by atoms with Gasteiger partial charge in [0.05, 0.1) is 22.2 Å². The number of nitrogens with zero attached hydrogens (tertiary/aromatic N) is 1. The summed E-state index contributed by atoms with van der Waals surface area (Å²) in [6.07, 6.45) is 0. The van der Waals surface area contributed by atoms with Crippen molar-refractivity contribution < 1.29 is 24.4 Å². The quantitative estimate of drug-likeness (QED) is 0.621. The van der Waals surface area contributed by atoms with Gasteiger partial charge >= 0.3 is 5.97 Å². The van der Waals surface area contributed by atoms with E-state index in [9.17, 15) is 19.7 Å². The van der Waals surface area contributed by atoms with E-state index in [0.717, 1.165) is 0 Å². The van der Waals surface area contributed by atoms with Gasteiger partial charge in [0, 0.05) is 6.07 Å². The Hall–Kier alpha value is -3.42. The lowest BCUT2D eigenvalue weighted by molar-refractivity contribution is -0.384. The molecule has 1 amide bonds. The van der Waals surface area contributed by atoms with Crippen LogP contribution in [0.1, 0.15) is 15.9 Å². The van der Waals surface area contributed by atoms with Gasteiger partial charge in [-0.25, -0.2) is 4.79 Å². The zero-order valence-electron chi connectivity index (χ0n) is 12.7. The molecule has 8 heteroatoms. The molecule has 0 aromatic heterocycles. The summed E-state index contributed by atoms with van der Waals surface area (Å²) in [6, 6.07) is 10.0. The van der Waals surface area contributed by atoms with E-state index in [4.69, 9.17) is 9.84 Å². The van der Waals surface area contributed by atoms with Crippen LogP contribution in [0.3, 0.4) is 0 Å². The predicted molar refractivity (Wildman–Crippen MR) is 85.4 cm³/mol. The molecular formula is C16H14N2O6. The summed E-state index contributed by atoms with van der Waals surface area (Å²) in [5, 5.41) is 22.3. The second-order valence-corrected chi connectivity index (χ2v) is 4.89. The first kappa shape index (κ1) is 16.9. The number of hydrogen-bond donors (Lipinski definition) is 2. The molecule has 0 spiro atoms. The molecule has 0 unspecified atom stereocenters. The monoisotopic (exact) mass is 330 g/mol. The molecule has 0 atom stereocenters.